The number of imide groups is 1. The molecule has 0 bridgehead atoms. The molecule has 7 nitrogen and oxygen atoms in total. The summed E-state index contributed by atoms with van der Waals surface area (Å²) < 4.78 is 5.30. The van der Waals surface area contributed by atoms with Gasteiger partial charge in [-0.15, -0.1) is 0 Å². The molecule has 0 aliphatic carbocycles. The van der Waals surface area contributed by atoms with E-state index in [4.69, 9.17) is 10.5 Å². The number of rotatable bonds is 6. The van der Waals surface area contributed by atoms with E-state index in [1.165, 1.54) is 12.1 Å². The van der Waals surface area contributed by atoms with Crippen LogP contribution in [-0.4, -0.2) is 37.0 Å². The molecular formula is C15H21N3O4. The molecule has 0 saturated carbocycles. The van der Waals surface area contributed by atoms with Crippen LogP contribution in [0, 0.1) is 0 Å². The molecule has 0 aliphatic rings. The second-order valence-corrected chi connectivity index (χ2v) is 4.90. The van der Waals surface area contributed by atoms with Crippen molar-refractivity contribution in [1.29, 1.82) is 0 Å². The lowest BCUT2D eigenvalue weighted by molar-refractivity contribution is -0.138. The summed E-state index contributed by atoms with van der Waals surface area (Å²) in [4.78, 5) is 35.0. The van der Waals surface area contributed by atoms with E-state index in [-0.39, 0.29) is 17.4 Å². The van der Waals surface area contributed by atoms with Crippen LogP contribution in [0.3, 0.4) is 0 Å². The van der Waals surface area contributed by atoms with Gasteiger partial charge in [-0.2, -0.15) is 0 Å². The standard InChI is InChI=1S/C15H21N3O4/c1-10(2)22-9-5-8-17-14(20)15(21)18-13(19)11-6-3-4-7-12(11)16/h3-4,6-7,10H,5,8-9,16H2,1-2H3,(H,17,20)(H,18,19,21). The lowest BCUT2D eigenvalue weighted by Crippen LogP contribution is -2.43. The van der Waals surface area contributed by atoms with Crippen LogP contribution >= 0.6 is 0 Å². The van der Waals surface area contributed by atoms with Crippen LogP contribution in [-0.2, 0) is 14.3 Å². The third kappa shape index (κ3) is 5.92. The number of nitrogen functional groups attached to an aromatic ring is 1. The molecule has 0 fully saturated rings. The van der Waals surface area contributed by atoms with Crippen LogP contribution in [0.4, 0.5) is 5.69 Å². The van der Waals surface area contributed by atoms with Crippen LogP contribution < -0.4 is 16.4 Å². The van der Waals surface area contributed by atoms with Crippen LogP contribution in [0.2, 0.25) is 0 Å². The topological polar surface area (TPSA) is 111 Å². The number of hydrogen-bond acceptors (Lipinski definition) is 5. The Morgan fingerprint density at radius 2 is 1.86 bits per heavy atom. The van der Waals surface area contributed by atoms with Crippen molar-refractivity contribution in [3.63, 3.8) is 0 Å². The highest BCUT2D eigenvalue weighted by molar-refractivity contribution is 6.38. The van der Waals surface area contributed by atoms with Gasteiger partial charge in [0.25, 0.3) is 5.91 Å². The number of nitrogens with one attached hydrogen (secondary N) is 2. The Bertz CT molecular complexity index is 543. The van der Waals surface area contributed by atoms with Crippen molar-refractivity contribution in [3.8, 4) is 0 Å². The zero-order valence-electron chi connectivity index (χ0n) is 12.7. The van der Waals surface area contributed by atoms with Gasteiger partial charge in [0.15, 0.2) is 0 Å². The Balaban J connectivity index is 2.37. The van der Waals surface area contributed by atoms with Gasteiger partial charge in [0.1, 0.15) is 0 Å². The highest BCUT2D eigenvalue weighted by atomic mass is 16.5. The zero-order chi connectivity index (χ0) is 16.5. The molecule has 0 spiro atoms. The number of anilines is 1. The van der Waals surface area contributed by atoms with Gasteiger partial charge < -0.3 is 15.8 Å². The molecule has 0 aliphatic heterocycles. The maximum absolute atomic E-state index is 11.8. The number of ether oxygens (including phenoxy) is 1. The molecule has 0 atom stereocenters. The average molecular weight is 307 g/mol. The minimum absolute atomic E-state index is 0.118. The second kappa shape index (κ2) is 8.78. The Morgan fingerprint density at radius 1 is 1.18 bits per heavy atom. The van der Waals surface area contributed by atoms with E-state index in [1.807, 2.05) is 19.2 Å². The largest absolute Gasteiger partial charge is 0.398 e. The smallest absolute Gasteiger partial charge is 0.316 e. The summed E-state index contributed by atoms with van der Waals surface area (Å²) >= 11 is 0. The first-order valence-corrected chi connectivity index (χ1v) is 7.01. The fourth-order valence-electron chi connectivity index (χ4n) is 1.60. The predicted molar refractivity (Wildman–Crippen MR) is 82.0 cm³/mol. The highest BCUT2D eigenvalue weighted by Crippen LogP contribution is 2.09. The number of para-hydroxylation sites is 1. The van der Waals surface area contributed by atoms with E-state index >= 15 is 0 Å². The van der Waals surface area contributed by atoms with E-state index in [1.54, 1.807) is 12.1 Å². The Kier molecular flexibility index (Phi) is 7.04. The van der Waals surface area contributed by atoms with Crippen LogP contribution in [0.15, 0.2) is 24.3 Å². The number of amides is 3. The molecule has 0 saturated heterocycles. The minimum Gasteiger partial charge on any atom is -0.398 e. The predicted octanol–water partition coefficient (Wildman–Crippen LogP) is 0.457. The average Bonchev–Trinajstić information content (AvgIpc) is 2.46. The van der Waals surface area contributed by atoms with E-state index in [2.05, 4.69) is 5.32 Å². The molecule has 0 radical (unpaired) electrons. The van der Waals surface area contributed by atoms with E-state index in [0.717, 1.165) is 0 Å². The Hall–Kier alpha value is -2.41. The molecular weight excluding hydrogens is 286 g/mol. The van der Waals surface area contributed by atoms with Crippen molar-refractivity contribution < 1.29 is 19.1 Å². The molecule has 0 unspecified atom stereocenters. The monoisotopic (exact) mass is 307 g/mol. The summed E-state index contributed by atoms with van der Waals surface area (Å²) in [5, 5.41) is 4.41. The van der Waals surface area contributed by atoms with Gasteiger partial charge in [0.05, 0.1) is 11.7 Å². The fourth-order valence-corrected chi connectivity index (χ4v) is 1.60. The Labute approximate surface area is 129 Å². The van der Waals surface area contributed by atoms with E-state index in [0.29, 0.717) is 19.6 Å². The molecule has 1 rings (SSSR count). The molecule has 4 N–H and O–H groups in total. The lowest BCUT2D eigenvalue weighted by Gasteiger charge is -2.08. The van der Waals surface area contributed by atoms with Crippen LogP contribution in [0.1, 0.15) is 30.6 Å². The fraction of sp³-hybridized carbons (Fsp3) is 0.400. The van der Waals surface area contributed by atoms with Gasteiger partial charge in [-0.3, -0.25) is 19.7 Å². The van der Waals surface area contributed by atoms with Crippen LogP contribution in [0.5, 0.6) is 0 Å². The molecule has 3 amide bonds. The van der Waals surface area contributed by atoms with Gasteiger partial charge >= 0.3 is 11.8 Å². The summed E-state index contributed by atoms with van der Waals surface area (Å²) in [5.41, 5.74) is 6.01. The normalized spacial score (nSPS) is 10.3. The molecule has 120 valence electrons. The van der Waals surface area contributed by atoms with Crippen molar-refractivity contribution in [2.24, 2.45) is 0 Å². The first-order chi connectivity index (χ1) is 10.4. The van der Waals surface area contributed by atoms with E-state index in [9.17, 15) is 14.4 Å². The van der Waals surface area contributed by atoms with Crippen molar-refractivity contribution >= 4 is 23.4 Å². The molecule has 1 aromatic carbocycles. The van der Waals surface area contributed by atoms with Crippen molar-refractivity contribution in [2.75, 3.05) is 18.9 Å². The summed E-state index contributed by atoms with van der Waals surface area (Å²) in [7, 11) is 0. The SMILES string of the molecule is CC(C)OCCCNC(=O)C(=O)NC(=O)c1ccccc1N. The van der Waals surface area contributed by atoms with Crippen molar-refractivity contribution in [1.82, 2.24) is 10.6 Å². The number of carbonyl (C=O) groups is 3. The van der Waals surface area contributed by atoms with Gasteiger partial charge in [-0.25, -0.2) is 0 Å². The summed E-state index contributed by atoms with van der Waals surface area (Å²) in [6, 6.07) is 6.29. The van der Waals surface area contributed by atoms with Crippen molar-refractivity contribution in [3.05, 3.63) is 29.8 Å². The molecule has 1 aromatic rings. The summed E-state index contributed by atoms with van der Waals surface area (Å²) in [6.45, 7) is 4.60. The number of hydrogen-bond donors (Lipinski definition) is 3. The molecule has 0 heterocycles. The minimum atomic E-state index is -1.02. The zero-order valence-corrected chi connectivity index (χ0v) is 12.7. The first-order valence-electron chi connectivity index (χ1n) is 7.01. The summed E-state index contributed by atoms with van der Waals surface area (Å²) in [5.74, 6) is -2.59. The lowest BCUT2D eigenvalue weighted by atomic mass is 10.1. The molecule has 7 heteroatoms. The third-order valence-electron chi connectivity index (χ3n) is 2.70. The summed E-state index contributed by atoms with van der Waals surface area (Å²) in [6.07, 6.45) is 0.699. The van der Waals surface area contributed by atoms with Gasteiger partial charge in [-0.1, -0.05) is 12.1 Å². The number of nitrogens with two attached hydrogens (primary N) is 1. The number of benzene rings is 1. The number of carbonyl (C=O) groups excluding carboxylic acids is 3. The quantitative estimate of drug-likeness (QED) is 0.401. The highest BCUT2D eigenvalue weighted by Gasteiger charge is 2.18. The van der Waals surface area contributed by atoms with E-state index < -0.39 is 17.7 Å². The second-order valence-electron chi connectivity index (χ2n) is 4.90. The van der Waals surface area contributed by atoms with Crippen molar-refractivity contribution in [2.45, 2.75) is 26.4 Å². The third-order valence-corrected chi connectivity index (χ3v) is 2.70. The van der Waals surface area contributed by atoms with Gasteiger partial charge in [0, 0.05) is 18.8 Å². The first kappa shape index (κ1) is 17.6. The molecule has 22 heavy (non-hydrogen) atoms. The Morgan fingerprint density at radius 3 is 2.50 bits per heavy atom. The van der Waals surface area contributed by atoms with Crippen LogP contribution in [0.25, 0.3) is 0 Å². The maximum atomic E-state index is 11.8. The maximum Gasteiger partial charge on any atom is 0.316 e. The molecule has 0 aromatic heterocycles. The van der Waals surface area contributed by atoms with Gasteiger partial charge in [0.2, 0.25) is 0 Å². The van der Waals surface area contributed by atoms with Gasteiger partial charge in [-0.05, 0) is 32.4 Å².